The van der Waals surface area contributed by atoms with Crippen molar-refractivity contribution < 1.29 is 4.74 Å². The highest BCUT2D eigenvalue weighted by Gasteiger charge is 2.37. The van der Waals surface area contributed by atoms with Gasteiger partial charge in [0.2, 0.25) is 0 Å². The Labute approximate surface area is 124 Å². The summed E-state index contributed by atoms with van der Waals surface area (Å²) in [7, 11) is 0. The first kappa shape index (κ1) is 14.8. The predicted molar refractivity (Wildman–Crippen MR) is 82.9 cm³/mol. The van der Waals surface area contributed by atoms with E-state index in [0.717, 1.165) is 30.8 Å². The molecule has 0 aromatic carbocycles. The molecule has 0 radical (unpaired) electrons. The summed E-state index contributed by atoms with van der Waals surface area (Å²) in [6.07, 6.45) is 7.91. The van der Waals surface area contributed by atoms with Gasteiger partial charge in [-0.25, -0.2) is 0 Å². The van der Waals surface area contributed by atoms with Crippen LogP contribution in [0.15, 0.2) is 0 Å². The van der Waals surface area contributed by atoms with Crippen LogP contribution in [0.3, 0.4) is 0 Å². The van der Waals surface area contributed by atoms with Gasteiger partial charge < -0.3 is 15.0 Å². The molecular weight excluding hydrogens is 248 g/mol. The molecule has 0 aromatic heterocycles. The Morgan fingerprint density at radius 3 is 2.45 bits per heavy atom. The largest absolute Gasteiger partial charge is 0.372 e. The van der Waals surface area contributed by atoms with Crippen LogP contribution in [0.5, 0.6) is 0 Å². The van der Waals surface area contributed by atoms with Gasteiger partial charge in [0, 0.05) is 26.2 Å². The van der Waals surface area contributed by atoms with E-state index in [0.29, 0.717) is 12.2 Å². The van der Waals surface area contributed by atoms with Crippen LogP contribution in [0.25, 0.3) is 0 Å². The van der Waals surface area contributed by atoms with Crippen LogP contribution in [0, 0.1) is 17.8 Å². The molecule has 1 aliphatic carbocycles. The van der Waals surface area contributed by atoms with Crippen molar-refractivity contribution in [2.75, 3.05) is 32.7 Å². The smallest absolute Gasteiger partial charge is 0.0707 e. The Hall–Kier alpha value is -0.120. The Morgan fingerprint density at radius 1 is 1.05 bits per heavy atom. The molecule has 3 nitrogen and oxygen atoms in total. The fourth-order valence-corrected chi connectivity index (χ4v) is 4.37. The molecular formula is C17H32N2O. The summed E-state index contributed by atoms with van der Waals surface area (Å²) >= 11 is 0. The van der Waals surface area contributed by atoms with E-state index < -0.39 is 0 Å². The van der Waals surface area contributed by atoms with Crippen molar-refractivity contribution in [3.8, 4) is 0 Å². The molecule has 0 aromatic rings. The zero-order chi connectivity index (χ0) is 13.9. The third-order valence-corrected chi connectivity index (χ3v) is 5.38. The van der Waals surface area contributed by atoms with Gasteiger partial charge in [-0.3, -0.25) is 0 Å². The van der Waals surface area contributed by atoms with Crippen LogP contribution in [0.4, 0.5) is 0 Å². The maximum atomic E-state index is 6.22. The van der Waals surface area contributed by atoms with E-state index in [9.17, 15) is 0 Å². The van der Waals surface area contributed by atoms with Crippen LogP contribution in [-0.2, 0) is 4.74 Å². The van der Waals surface area contributed by atoms with Crippen molar-refractivity contribution in [1.82, 2.24) is 10.2 Å². The van der Waals surface area contributed by atoms with Crippen LogP contribution in [-0.4, -0.2) is 49.8 Å². The van der Waals surface area contributed by atoms with E-state index in [1.54, 1.807) is 0 Å². The van der Waals surface area contributed by atoms with Crippen LogP contribution in [0.1, 0.15) is 46.0 Å². The second kappa shape index (κ2) is 6.76. The third kappa shape index (κ3) is 3.75. The maximum absolute atomic E-state index is 6.22. The number of hydrogen-bond donors (Lipinski definition) is 1. The zero-order valence-electron chi connectivity index (χ0n) is 13.3. The summed E-state index contributed by atoms with van der Waals surface area (Å²) in [6, 6.07) is 0. The fraction of sp³-hybridized carbons (Fsp3) is 1.00. The van der Waals surface area contributed by atoms with Gasteiger partial charge in [-0.2, -0.15) is 0 Å². The lowest BCUT2D eigenvalue weighted by Gasteiger charge is -2.22. The average Bonchev–Trinajstić information content (AvgIpc) is 3.05. The van der Waals surface area contributed by atoms with Crippen molar-refractivity contribution in [3.05, 3.63) is 0 Å². The van der Waals surface area contributed by atoms with Crippen molar-refractivity contribution in [1.29, 1.82) is 0 Å². The summed E-state index contributed by atoms with van der Waals surface area (Å²) in [4.78, 5) is 2.68. The Morgan fingerprint density at radius 2 is 1.75 bits per heavy atom. The van der Waals surface area contributed by atoms with Gasteiger partial charge >= 0.3 is 0 Å². The van der Waals surface area contributed by atoms with Crippen molar-refractivity contribution in [2.24, 2.45) is 17.8 Å². The Bertz CT molecular complexity index is 295. The summed E-state index contributed by atoms with van der Waals surface area (Å²) in [5.74, 6) is 2.76. The van der Waals surface area contributed by atoms with E-state index in [-0.39, 0.29) is 0 Å². The first-order valence-corrected chi connectivity index (χ1v) is 8.79. The zero-order valence-corrected chi connectivity index (χ0v) is 13.3. The molecule has 4 atom stereocenters. The molecule has 1 N–H and O–H groups in total. The summed E-state index contributed by atoms with van der Waals surface area (Å²) in [5.41, 5.74) is 0. The van der Waals surface area contributed by atoms with Crippen LogP contribution < -0.4 is 5.32 Å². The normalized spacial score (nSPS) is 38.0. The average molecular weight is 280 g/mol. The number of fused-ring (bicyclic) bond motifs is 1. The molecule has 3 heteroatoms. The highest BCUT2D eigenvalue weighted by Crippen LogP contribution is 2.38. The quantitative estimate of drug-likeness (QED) is 0.809. The van der Waals surface area contributed by atoms with Crippen molar-refractivity contribution in [3.63, 3.8) is 0 Å². The molecule has 3 fully saturated rings. The molecule has 0 amide bonds. The number of ether oxygens (including phenoxy) is 1. The molecule has 116 valence electrons. The van der Waals surface area contributed by atoms with Gasteiger partial charge in [0.1, 0.15) is 0 Å². The second-order valence-electron chi connectivity index (χ2n) is 7.68. The van der Waals surface area contributed by atoms with Crippen LogP contribution >= 0.6 is 0 Å². The van der Waals surface area contributed by atoms with Gasteiger partial charge in [0.25, 0.3) is 0 Å². The molecule has 3 aliphatic rings. The molecule has 3 rings (SSSR count). The fourth-order valence-electron chi connectivity index (χ4n) is 4.37. The summed E-state index contributed by atoms with van der Waals surface area (Å²) in [6.45, 7) is 10.6. The Kier molecular flexibility index (Phi) is 5.00. The molecule has 20 heavy (non-hydrogen) atoms. The lowest BCUT2D eigenvalue weighted by Crippen LogP contribution is -2.34. The van der Waals surface area contributed by atoms with Gasteiger partial charge in [-0.15, -0.1) is 0 Å². The molecule has 2 aliphatic heterocycles. The lowest BCUT2D eigenvalue weighted by atomic mass is 10.0. The molecule has 0 spiro atoms. The van der Waals surface area contributed by atoms with E-state index in [2.05, 4.69) is 24.1 Å². The van der Waals surface area contributed by atoms with E-state index in [1.165, 1.54) is 51.7 Å². The number of nitrogens with zero attached hydrogens (tertiary/aromatic N) is 1. The molecule has 2 heterocycles. The van der Waals surface area contributed by atoms with Gasteiger partial charge in [0.05, 0.1) is 12.2 Å². The second-order valence-corrected chi connectivity index (χ2v) is 7.68. The Balaban J connectivity index is 1.34. The standard InChI is InChI=1S/C17H32N2O/c1-13(2)8-18-9-16-6-7-17(20-16)12-19-10-14-4-3-5-15(14)11-19/h13-18H,3-12H2,1-2H3. The molecule has 0 bridgehead atoms. The van der Waals surface area contributed by atoms with E-state index >= 15 is 0 Å². The number of nitrogens with one attached hydrogen (secondary N) is 1. The highest BCUT2D eigenvalue weighted by molar-refractivity contribution is 4.90. The maximum Gasteiger partial charge on any atom is 0.0707 e. The minimum absolute atomic E-state index is 0.459. The van der Waals surface area contributed by atoms with Gasteiger partial charge in [-0.05, 0) is 50.0 Å². The molecule has 1 saturated carbocycles. The highest BCUT2D eigenvalue weighted by atomic mass is 16.5. The van der Waals surface area contributed by atoms with Crippen LogP contribution in [0.2, 0.25) is 0 Å². The minimum atomic E-state index is 0.459. The summed E-state index contributed by atoms with van der Waals surface area (Å²) < 4.78 is 6.22. The van der Waals surface area contributed by atoms with E-state index in [1.807, 2.05) is 0 Å². The predicted octanol–water partition coefficient (Wildman–Crippen LogP) is 2.51. The van der Waals surface area contributed by atoms with E-state index in [4.69, 9.17) is 4.74 Å². The first-order valence-electron chi connectivity index (χ1n) is 8.79. The summed E-state index contributed by atoms with van der Waals surface area (Å²) in [5, 5.41) is 3.53. The van der Waals surface area contributed by atoms with Gasteiger partial charge in [0.15, 0.2) is 0 Å². The monoisotopic (exact) mass is 280 g/mol. The van der Waals surface area contributed by atoms with Crippen molar-refractivity contribution in [2.45, 2.75) is 58.2 Å². The first-order chi connectivity index (χ1) is 9.70. The SMILES string of the molecule is CC(C)CNCC1CCC(CN2CC3CCCC3C2)O1. The third-order valence-electron chi connectivity index (χ3n) is 5.38. The van der Waals surface area contributed by atoms with Crippen molar-refractivity contribution >= 4 is 0 Å². The number of hydrogen-bond acceptors (Lipinski definition) is 3. The number of rotatable bonds is 6. The molecule has 2 saturated heterocycles. The number of likely N-dealkylation sites (tertiary alicyclic amines) is 1. The lowest BCUT2D eigenvalue weighted by molar-refractivity contribution is 0.0260. The topological polar surface area (TPSA) is 24.5 Å². The minimum Gasteiger partial charge on any atom is -0.372 e. The molecule has 4 unspecified atom stereocenters. The van der Waals surface area contributed by atoms with Gasteiger partial charge in [-0.1, -0.05) is 20.3 Å².